The van der Waals surface area contributed by atoms with E-state index in [1.165, 1.54) is 28.6 Å². The van der Waals surface area contributed by atoms with Gasteiger partial charge in [0.2, 0.25) is 10.0 Å². The second kappa shape index (κ2) is 5.75. The fourth-order valence-corrected chi connectivity index (χ4v) is 4.32. The molecule has 1 aromatic rings. The van der Waals surface area contributed by atoms with Gasteiger partial charge in [-0.15, -0.1) is 0 Å². The lowest BCUT2D eigenvalue weighted by molar-refractivity contribution is 0.0696. The first-order valence-corrected chi connectivity index (χ1v) is 8.17. The largest absolute Gasteiger partial charge is 0.478 e. The molecule has 0 bridgehead atoms. The number of hydrogen-bond acceptors (Lipinski definition) is 4. The molecule has 1 aliphatic rings. The molecule has 1 N–H and O–H groups in total. The van der Waals surface area contributed by atoms with Crippen LogP contribution in [0.5, 0.6) is 0 Å². The first kappa shape index (κ1) is 15.9. The molecule has 2 rings (SSSR count). The van der Waals surface area contributed by atoms with Crippen LogP contribution in [0.1, 0.15) is 17.3 Å². The number of nitrogens with zero attached hydrogens (tertiary/aromatic N) is 2. The summed E-state index contributed by atoms with van der Waals surface area (Å²) in [6.45, 7) is 2.89. The lowest BCUT2D eigenvalue weighted by atomic mass is 10.1. The number of aromatic carboxylic acids is 1. The minimum atomic E-state index is -3.65. The Bertz CT molecular complexity index is 642. The topological polar surface area (TPSA) is 77.9 Å². The zero-order chi connectivity index (χ0) is 15.8. The van der Waals surface area contributed by atoms with Gasteiger partial charge in [0.05, 0.1) is 10.5 Å². The van der Waals surface area contributed by atoms with Gasteiger partial charge >= 0.3 is 5.97 Å². The number of carbonyl (C=O) groups is 1. The highest BCUT2D eigenvalue weighted by Gasteiger charge is 2.38. The Balaban J connectivity index is 2.31. The molecule has 0 spiro atoms. The van der Waals surface area contributed by atoms with Gasteiger partial charge in [0, 0.05) is 19.1 Å². The molecule has 2 unspecified atom stereocenters. The molecule has 0 saturated carbocycles. The Hall–Kier alpha value is -1.44. The summed E-state index contributed by atoms with van der Waals surface area (Å²) in [5.74, 6) is -0.898. The lowest BCUT2D eigenvalue weighted by Gasteiger charge is -2.22. The molecule has 0 aromatic heterocycles. The third-order valence-electron chi connectivity index (χ3n) is 3.92. The molecule has 1 aliphatic heterocycles. The lowest BCUT2D eigenvalue weighted by Crippen LogP contribution is -2.35. The predicted octanol–water partition coefficient (Wildman–Crippen LogP) is 0.955. The maximum absolute atomic E-state index is 12.6. The maximum Gasteiger partial charge on any atom is 0.335 e. The van der Waals surface area contributed by atoms with Crippen LogP contribution in [0.15, 0.2) is 29.2 Å². The van der Waals surface area contributed by atoms with Crippen molar-refractivity contribution in [2.24, 2.45) is 5.92 Å². The summed E-state index contributed by atoms with van der Waals surface area (Å²) in [5, 5.41) is 8.98. The van der Waals surface area contributed by atoms with Crippen LogP contribution in [0.4, 0.5) is 0 Å². The van der Waals surface area contributed by atoms with E-state index in [0.717, 1.165) is 0 Å². The van der Waals surface area contributed by atoms with Crippen LogP contribution in [0, 0.1) is 5.92 Å². The van der Waals surface area contributed by atoms with Crippen molar-refractivity contribution in [3.63, 3.8) is 0 Å². The third-order valence-corrected chi connectivity index (χ3v) is 5.75. The van der Waals surface area contributed by atoms with Crippen molar-refractivity contribution in [3.05, 3.63) is 29.8 Å². The highest BCUT2D eigenvalue weighted by atomic mass is 32.2. The van der Waals surface area contributed by atoms with E-state index in [0.29, 0.717) is 13.1 Å². The standard InChI is InChI=1S/C14H20N2O4S/c1-10-8-16(9-13(10)15(2)3)21(19,20)12-6-4-5-11(7-12)14(17)18/h4-7,10,13H,8-9H2,1-3H3,(H,17,18). The van der Waals surface area contributed by atoms with Gasteiger partial charge in [0.1, 0.15) is 0 Å². The molecule has 21 heavy (non-hydrogen) atoms. The monoisotopic (exact) mass is 312 g/mol. The van der Waals surface area contributed by atoms with Crippen molar-refractivity contribution in [2.45, 2.75) is 17.9 Å². The molecule has 7 heteroatoms. The second-order valence-corrected chi connectivity index (χ2v) is 7.60. The summed E-state index contributed by atoms with van der Waals surface area (Å²) < 4.78 is 26.7. The van der Waals surface area contributed by atoms with Crippen LogP contribution in [0.3, 0.4) is 0 Å². The average molecular weight is 312 g/mol. The zero-order valence-electron chi connectivity index (χ0n) is 12.4. The first-order valence-electron chi connectivity index (χ1n) is 6.73. The highest BCUT2D eigenvalue weighted by molar-refractivity contribution is 7.89. The van der Waals surface area contributed by atoms with Crippen LogP contribution in [-0.4, -0.2) is 61.9 Å². The van der Waals surface area contributed by atoms with E-state index < -0.39 is 16.0 Å². The highest BCUT2D eigenvalue weighted by Crippen LogP contribution is 2.26. The maximum atomic E-state index is 12.6. The van der Waals surface area contributed by atoms with Crippen molar-refractivity contribution in [3.8, 4) is 0 Å². The minimum Gasteiger partial charge on any atom is -0.478 e. The van der Waals surface area contributed by atoms with Gasteiger partial charge in [-0.1, -0.05) is 13.0 Å². The first-order chi connectivity index (χ1) is 9.73. The molecule has 1 aromatic carbocycles. The Morgan fingerprint density at radius 1 is 1.33 bits per heavy atom. The van der Waals surface area contributed by atoms with E-state index in [9.17, 15) is 13.2 Å². The van der Waals surface area contributed by atoms with E-state index in [1.807, 2.05) is 25.9 Å². The molecule has 0 aliphatic carbocycles. The van der Waals surface area contributed by atoms with Crippen molar-refractivity contribution >= 4 is 16.0 Å². The smallest absolute Gasteiger partial charge is 0.335 e. The second-order valence-electron chi connectivity index (χ2n) is 5.66. The summed E-state index contributed by atoms with van der Waals surface area (Å²) in [4.78, 5) is 13.0. The van der Waals surface area contributed by atoms with Crippen LogP contribution >= 0.6 is 0 Å². The fourth-order valence-electron chi connectivity index (χ4n) is 2.71. The minimum absolute atomic E-state index is 0.0209. The molecule has 1 saturated heterocycles. The molecule has 116 valence electrons. The molecule has 0 amide bonds. The molecule has 1 heterocycles. The van der Waals surface area contributed by atoms with Crippen LogP contribution in [-0.2, 0) is 10.0 Å². The number of carboxylic acids is 1. The zero-order valence-corrected chi connectivity index (χ0v) is 13.2. The SMILES string of the molecule is CC1CN(S(=O)(=O)c2cccc(C(=O)O)c2)CC1N(C)C. The Kier molecular flexibility index (Phi) is 4.36. The summed E-state index contributed by atoms with van der Waals surface area (Å²) in [7, 11) is 0.215. The molecule has 0 radical (unpaired) electrons. The van der Waals surface area contributed by atoms with Gasteiger partial charge in [-0.25, -0.2) is 13.2 Å². The van der Waals surface area contributed by atoms with Gasteiger partial charge in [0.15, 0.2) is 0 Å². The van der Waals surface area contributed by atoms with E-state index in [2.05, 4.69) is 0 Å². The number of rotatable bonds is 4. The molecule has 1 fully saturated rings. The number of hydrogen-bond donors (Lipinski definition) is 1. The van der Waals surface area contributed by atoms with E-state index in [-0.39, 0.29) is 22.4 Å². The molecule has 2 atom stereocenters. The Morgan fingerprint density at radius 3 is 2.52 bits per heavy atom. The van der Waals surface area contributed by atoms with Gasteiger partial charge in [-0.05, 0) is 38.2 Å². The van der Waals surface area contributed by atoms with Crippen molar-refractivity contribution in [2.75, 3.05) is 27.2 Å². The summed E-state index contributed by atoms with van der Waals surface area (Å²) in [6, 6.07) is 5.67. The number of benzene rings is 1. The van der Waals surface area contributed by atoms with E-state index >= 15 is 0 Å². The predicted molar refractivity (Wildman–Crippen MR) is 78.8 cm³/mol. The fraction of sp³-hybridized carbons (Fsp3) is 0.500. The molecular weight excluding hydrogens is 292 g/mol. The van der Waals surface area contributed by atoms with Crippen molar-refractivity contribution in [1.82, 2.24) is 9.21 Å². The Morgan fingerprint density at radius 2 is 2.00 bits per heavy atom. The average Bonchev–Trinajstić information content (AvgIpc) is 2.82. The third kappa shape index (κ3) is 3.09. The van der Waals surface area contributed by atoms with Crippen LogP contribution in [0.2, 0.25) is 0 Å². The quantitative estimate of drug-likeness (QED) is 0.896. The van der Waals surface area contributed by atoms with Crippen LogP contribution < -0.4 is 0 Å². The van der Waals surface area contributed by atoms with Gasteiger partial charge in [0.25, 0.3) is 0 Å². The molecular formula is C14H20N2O4S. The summed E-state index contributed by atoms with van der Waals surface area (Å²) in [5.41, 5.74) is -0.0209. The van der Waals surface area contributed by atoms with Crippen molar-refractivity contribution in [1.29, 1.82) is 0 Å². The summed E-state index contributed by atoms with van der Waals surface area (Å²) in [6.07, 6.45) is 0. The van der Waals surface area contributed by atoms with Crippen LogP contribution in [0.25, 0.3) is 0 Å². The number of sulfonamides is 1. The van der Waals surface area contributed by atoms with Crippen molar-refractivity contribution < 1.29 is 18.3 Å². The normalized spacial score (nSPS) is 23.6. The Labute approximate surface area is 125 Å². The van der Waals surface area contributed by atoms with Gasteiger partial charge in [-0.2, -0.15) is 4.31 Å². The van der Waals surface area contributed by atoms with E-state index in [1.54, 1.807) is 0 Å². The number of carboxylic acid groups (broad SMARTS) is 1. The number of likely N-dealkylation sites (N-methyl/N-ethyl adjacent to an activating group) is 1. The molecule has 6 nitrogen and oxygen atoms in total. The van der Waals surface area contributed by atoms with Gasteiger partial charge < -0.3 is 10.0 Å². The summed E-state index contributed by atoms with van der Waals surface area (Å²) >= 11 is 0. The van der Waals surface area contributed by atoms with E-state index in [4.69, 9.17) is 5.11 Å². The van der Waals surface area contributed by atoms with Gasteiger partial charge in [-0.3, -0.25) is 0 Å².